The average Bonchev–Trinajstić information content (AvgIpc) is 2.89. The normalized spacial score (nSPS) is 10.5. The fourth-order valence-electron chi connectivity index (χ4n) is 2.18. The molecule has 6 heteroatoms. The highest BCUT2D eigenvalue weighted by molar-refractivity contribution is 7.99. The molecule has 1 N–H and O–H groups in total. The number of hydrogen-bond donors (Lipinski definition) is 1. The van der Waals surface area contributed by atoms with Gasteiger partial charge in [-0.2, -0.15) is 0 Å². The number of anilines is 1. The Morgan fingerprint density at radius 2 is 2.09 bits per heavy atom. The summed E-state index contributed by atoms with van der Waals surface area (Å²) in [6.07, 6.45) is 3.97. The van der Waals surface area contributed by atoms with Crippen LogP contribution in [0.25, 0.3) is 0 Å². The van der Waals surface area contributed by atoms with Crippen molar-refractivity contribution in [2.24, 2.45) is 0 Å². The Hall–Kier alpha value is -2.08. The van der Waals surface area contributed by atoms with Crippen LogP contribution in [0.1, 0.15) is 24.7 Å². The third-order valence-corrected chi connectivity index (χ3v) is 4.29. The number of thioether (sulfide) groups is 1. The first kappa shape index (κ1) is 17.3. The van der Waals surface area contributed by atoms with Crippen LogP contribution in [0.15, 0.2) is 42.1 Å². The predicted molar refractivity (Wildman–Crippen MR) is 94.7 cm³/mol. The minimum atomic E-state index is -0.0518. The largest absolute Gasteiger partial charge is 0.325 e. The molecule has 0 aliphatic carbocycles. The standard InChI is InChI=1S/C17H22N4OS/c1-4-6-14-7-9-15(10-8-14)18-16(22)12-23-17-20-19-13(3)21(17)11-5-2/h5,7-10H,2,4,6,11-12H2,1,3H3,(H,18,22). The fourth-order valence-corrected chi connectivity index (χ4v) is 2.97. The fraction of sp³-hybridized carbons (Fsp3) is 0.353. The van der Waals surface area contributed by atoms with Crippen molar-refractivity contribution in [2.75, 3.05) is 11.1 Å². The van der Waals surface area contributed by atoms with Gasteiger partial charge in [0, 0.05) is 12.2 Å². The smallest absolute Gasteiger partial charge is 0.234 e. The lowest BCUT2D eigenvalue weighted by Crippen LogP contribution is -2.14. The molecule has 2 rings (SSSR count). The lowest BCUT2D eigenvalue weighted by molar-refractivity contribution is -0.113. The molecule has 23 heavy (non-hydrogen) atoms. The number of aromatic nitrogens is 3. The summed E-state index contributed by atoms with van der Waals surface area (Å²) in [5, 5.41) is 11.8. The highest BCUT2D eigenvalue weighted by atomic mass is 32.2. The van der Waals surface area contributed by atoms with Gasteiger partial charge in [-0.15, -0.1) is 16.8 Å². The van der Waals surface area contributed by atoms with Crippen molar-refractivity contribution in [1.82, 2.24) is 14.8 Å². The Labute approximate surface area is 141 Å². The summed E-state index contributed by atoms with van der Waals surface area (Å²) in [4.78, 5) is 12.1. The zero-order chi connectivity index (χ0) is 16.7. The highest BCUT2D eigenvalue weighted by Crippen LogP contribution is 2.18. The van der Waals surface area contributed by atoms with Crippen LogP contribution in [0.4, 0.5) is 5.69 Å². The van der Waals surface area contributed by atoms with Gasteiger partial charge in [-0.3, -0.25) is 4.79 Å². The number of hydrogen-bond acceptors (Lipinski definition) is 4. The molecule has 0 saturated carbocycles. The van der Waals surface area contributed by atoms with E-state index >= 15 is 0 Å². The molecule has 0 atom stereocenters. The van der Waals surface area contributed by atoms with Gasteiger partial charge in [0.25, 0.3) is 0 Å². The van der Waals surface area contributed by atoms with Crippen molar-refractivity contribution < 1.29 is 4.79 Å². The Bertz CT molecular complexity index is 664. The van der Waals surface area contributed by atoms with E-state index in [9.17, 15) is 4.79 Å². The van der Waals surface area contributed by atoms with Crippen molar-refractivity contribution >= 4 is 23.4 Å². The van der Waals surface area contributed by atoms with E-state index in [1.54, 1.807) is 6.08 Å². The maximum atomic E-state index is 12.1. The number of nitrogens with zero attached hydrogens (tertiary/aromatic N) is 3. The maximum absolute atomic E-state index is 12.1. The zero-order valence-electron chi connectivity index (χ0n) is 13.6. The van der Waals surface area contributed by atoms with Gasteiger partial charge in [-0.05, 0) is 31.0 Å². The Kier molecular flexibility index (Phi) is 6.40. The van der Waals surface area contributed by atoms with E-state index in [1.165, 1.54) is 17.3 Å². The highest BCUT2D eigenvalue weighted by Gasteiger charge is 2.11. The molecule has 0 radical (unpaired) electrons. The van der Waals surface area contributed by atoms with Crippen LogP contribution in [-0.4, -0.2) is 26.4 Å². The van der Waals surface area contributed by atoms with E-state index in [4.69, 9.17) is 0 Å². The number of amides is 1. The van der Waals surface area contributed by atoms with Gasteiger partial charge >= 0.3 is 0 Å². The minimum Gasteiger partial charge on any atom is -0.325 e. The molecule has 1 aromatic heterocycles. The molecule has 0 spiro atoms. The maximum Gasteiger partial charge on any atom is 0.234 e. The van der Waals surface area contributed by atoms with Gasteiger partial charge in [0.15, 0.2) is 5.16 Å². The Balaban J connectivity index is 1.89. The second kappa shape index (κ2) is 8.53. The molecule has 0 bridgehead atoms. The summed E-state index contributed by atoms with van der Waals surface area (Å²) in [5.41, 5.74) is 2.10. The first-order chi connectivity index (χ1) is 11.1. The van der Waals surface area contributed by atoms with Crippen LogP contribution in [0.5, 0.6) is 0 Å². The van der Waals surface area contributed by atoms with Gasteiger partial charge in [-0.1, -0.05) is 43.3 Å². The van der Waals surface area contributed by atoms with E-state index in [2.05, 4.69) is 41.1 Å². The van der Waals surface area contributed by atoms with Crippen molar-refractivity contribution in [3.63, 3.8) is 0 Å². The quantitative estimate of drug-likeness (QED) is 0.595. The van der Waals surface area contributed by atoms with Crippen LogP contribution in [0.2, 0.25) is 0 Å². The van der Waals surface area contributed by atoms with Gasteiger partial charge in [0.1, 0.15) is 5.82 Å². The molecule has 0 saturated heterocycles. The monoisotopic (exact) mass is 330 g/mol. The SMILES string of the molecule is C=CCn1c(C)nnc1SCC(=O)Nc1ccc(CCC)cc1. The number of carbonyl (C=O) groups excluding carboxylic acids is 1. The second-order valence-corrected chi connectivity index (χ2v) is 6.16. The minimum absolute atomic E-state index is 0.0518. The summed E-state index contributed by atoms with van der Waals surface area (Å²) < 4.78 is 1.94. The van der Waals surface area contributed by atoms with Gasteiger partial charge in [-0.25, -0.2) is 0 Å². The molecule has 122 valence electrons. The van der Waals surface area contributed by atoms with Crippen LogP contribution in [0.3, 0.4) is 0 Å². The molecular formula is C17H22N4OS. The molecule has 5 nitrogen and oxygen atoms in total. The Morgan fingerprint density at radius 1 is 1.35 bits per heavy atom. The van der Waals surface area contributed by atoms with Gasteiger partial charge in [0.2, 0.25) is 5.91 Å². The first-order valence-electron chi connectivity index (χ1n) is 7.66. The van der Waals surface area contributed by atoms with Crippen molar-refractivity contribution in [3.8, 4) is 0 Å². The molecule has 0 aliphatic rings. The first-order valence-corrected chi connectivity index (χ1v) is 8.65. The molecule has 1 heterocycles. The van der Waals surface area contributed by atoms with Gasteiger partial charge in [0.05, 0.1) is 5.75 Å². The number of rotatable bonds is 8. The van der Waals surface area contributed by atoms with Crippen LogP contribution in [0, 0.1) is 6.92 Å². The van der Waals surface area contributed by atoms with Crippen LogP contribution < -0.4 is 5.32 Å². The second-order valence-electron chi connectivity index (χ2n) is 5.21. The average molecular weight is 330 g/mol. The van der Waals surface area contributed by atoms with E-state index < -0.39 is 0 Å². The lowest BCUT2D eigenvalue weighted by atomic mass is 10.1. The van der Waals surface area contributed by atoms with E-state index in [-0.39, 0.29) is 5.91 Å². The molecule has 1 aromatic carbocycles. The number of allylic oxidation sites excluding steroid dienone is 1. The molecule has 0 unspecified atom stereocenters. The number of nitrogens with one attached hydrogen (secondary N) is 1. The van der Waals surface area contributed by atoms with Crippen molar-refractivity contribution in [3.05, 3.63) is 48.3 Å². The third kappa shape index (κ3) is 4.96. The summed E-state index contributed by atoms with van der Waals surface area (Å²) in [7, 11) is 0. The van der Waals surface area contributed by atoms with Crippen molar-refractivity contribution in [2.45, 2.75) is 38.4 Å². The summed E-state index contributed by atoms with van der Waals surface area (Å²) in [6.45, 7) is 8.40. The van der Waals surface area contributed by atoms with E-state index in [1.807, 2.05) is 23.6 Å². The predicted octanol–water partition coefficient (Wildman–Crippen LogP) is 3.46. The van der Waals surface area contributed by atoms with Crippen LogP contribution in [-0.2, 0) is 17.8 Å². The number of benzene rings is 1. The number of carbonyl (C=O) groups is 1. The zero-order valence-corrected chi connectivity index (χ0v) is 14.4. The van der Waals surface area contributed by atoms with Gasteiger partial charge < -0.3 is 9.88 Å². The molecule has 1 amide bonds. The van der Waals surface area contributed by atoms with E-state index in [0.29, 0.717) is 12.3 Å². The van der Waals surface area contributed by atoms with E-state index in [0.717, 1.165) is 29.5 Å². The summed E-state index contributed by atoms with van der Waals surface area (Å²) >= 11 is 1.38. The lowest BCUT2D eigenvalue weighted by Gasteiger charge is -2.07. The van der Waals surface area contributed by atoms with Crippen molar-refractivity contribution in [1.29, 1.82) is 0 Å². The third-order valence-electron chi connectivity index (χ3n) is 3.32. The summed E-state index contributed by atoms with van der Waals surface area (Å²) in [6, 6.07) is 7.99. The number of aryl methyl sites for hydroxylation is 2. The molecular weight excluding hydrogens is 308 g/mol. The molecule has 0 fully saturated rings. The molecule has 2 aromatic rings. The van der Waals surface area contributed by atoms with Crippen LogP contribution >= 0.6 is 11.8 Å². The summed E-state index contributed by atoms with van der Waals surface area (Å²) in [5.74, 6) is 1.06. The Morgan fingerprint density at radius 3 is 2.74 bits per heavy atom. The molecule has 0 aliphatic heterocycles. The topological polar surface area (TPSA) is 59.8 Å².